The number of hydrogen-bond donors (Lipinski definition) is 0. The lowest BCUT2D eigenvalue weighted by molar-refractivity contribution is 0.470. The molecule has 0 bridgehead atoms. The molecule has 0 amide bonds. The van der Waals surface area contributed by atoms with Gasteiger partial charge in [0.05, 0.1) is 0 Å². The highest BCUT2D eigenvalue weighted by Gasteiger charge is 2.04. The molecule has 4 heteroatoms. The minimum atomic E-state index is -0.904. The number of halogens is 2. The Morgan fingerprint density at radius 1 is 1.07 bits per heavy atom. The monoisotopic (exact) mass is 212 g/mol. The molecule has 1 nitrogen and oxygen atoms in total. The van der Waals surface area contributed by atoms with E-state index in [-0.39, 0.29) is 0 Å². The van der Waals surface area contributed by atoms with Crippen LogP contribution in [0.5, 0.6) is 10.8 Å². The molecule has 2 rings (SSSR count). The molecule has 0 spiro atoms. The Balaban J connectivity index is 2.22. The summed E-state index contributed by atoms with van der Waals surface area (Å²) in [6.45, 7) is 0. The van der Waals surface area contributed by atoms with Gasteiger partial charge in [0.2, 0.25) is 0 Å². The van der Waals surface area contributed by atoms with Crippen LogP contribution in [-0.2, 0) is 0 Å². The van der Waals surface area contributed by atoms with Crippen LogP contribution in [0.25, 0.3) is 0 Å². The van der Waals surface area contributed by atoms with Crippen molar-refractivity contribution in [3.8, 4) is 10.8 Å². The number of ether oxygens (including phenoxy) is 1. The van der Waals surface area contributed by atoms with Gasteiger partial charge in [-0.2, -0.15) is 0 Å². The largest absolute Gasteiger partial charge is 0.447 e. The van der Waals surface area contributed by atoms with Crippen LogP contribution in [0.3, 0.4) is 0 Å². The lowest BCUT2D eigenvalue weighted by atomic mass is 10.3. The zero-order valence-corrected chi connectivity index (χ0v) is 7.85. The van der Waals surface area contributed by atoms with Gasteiger partial charge in [-0.1, -0.05) is 0 Å². The second-order valence-electron chi connectivity index (χ2n) is 2.61. The van der Waals surface area contributed by atoms with Crippen LogP contribution in [0.1, 0.15) is 0 Å². The highest BCUT2D eigenvalue weighted by atomic mass is 32.1. The maximum Gasteiger partial charge on any atom is 0.180 e. The van der Waals surface area contributed by atoms with Gasteiger partial charge in [-0.3, -0.25) is 0 Å². The molecule has 1 aromatic carbocycles. The molecule has 0 saturated carbocycles. The minimum Gasteiger partial charge on any atom is -0.447 e. The summed E-state index contributed by atoms with van der Waals surface area (Å²) in [6, 6.07) is 7.03. The summed E-state index contributed by atoms with van der Waals surface area (Å²) in [5.41, 5.74) is 0. The number of thiophene rings is 1. The normalized spacial score (nSPS) is 10.1. The van der Waals surface area contributed by atoms with Crippen LogP contribution >= 0.6 is 11.3 Å². The van der Waals surface area contributed by atoms with Gasteiger partial charge < -0.3 is 4.74 Å². The molecule has 14 heavy (non-hydrogen) atoms. The molecule has 1 heterocycles. The van der Waals surface area contributed by atoms with Crippen molar-refractivity contribution in [3.63, 3.8) is 0 Å². The average Bonchev–Trinajstić information content (AvgIpc) is 2.64. The number of rotatable bonds is 2. The van der Waals surface area contributed by atoms with E-state index in [0.29, 0.717) is 10.8 Å². The summed E-state index contributed by atoms with van der Waals surface area (Å²) in [5.74, 6) is -1.48. The van der Waals surface area contributed by atoms with Crippen LogP contribution in [0.4, 0.5) is 8.78 Å². The first-order chi connectivity index (χ1) is 6.75. The van der Waals surface area contributed by atoms with Gasteiger partial charge in [0.25, 0.3) is 0 Å². The number of benzene rings is 1. The van der Waals surface area contributed by atoms with Gasteiger partial charge in [0.1, 0.15) is 5.75 Å². The summed E-state index contributed by atoms with van der Waals surface area (Å²) in [7, 11) is 0. The van der Waals surface area contributed by atoms with E-state index in [1.807, 2.05) is 11.4 Å². The molecule has 0 aliphatic rings. The standard InChI is InChI=1S/C10H6F2OS/c11-8-4-3-7(6-9(8)12)13-10-2-1-5-14-10/h1-6H. The van der Waals surface area contributed by atoms with E-state index in [9.17, 15) is 8.78 Å². The molecule has 72 valence electrons. The van der Waals surface area contributed by atoms with E-state index < -0.39 is 11.6 Å². The third-order valence-electron chi connectivity index (χ3n) is 1.60. The van der Waals surface area contributed by atoms with E-state index >= 15 is 0 Å². The first-order valence-electron chi connectivity index (χ1n) is 3.92. The third kappa shape index (κ3) is 1.90. The Bertz CT molecular complexity index is 426. The fraction of sp³-hybridized carbons (Fsp3) is 0. The Labute approximate surface area is 83.6 Å². The zero-order valence-electron chi connectivity index (χ0n) is 7.04. The molecule has 0 fully saturated rings. The summed E-state index contributed by atoms with van der Waals surface area (Å²) in [5, 5.41) is 2.49. The molecule has 0 aliphatic carbocycles. The van der Waals surface area contributed by atoms with Gasteiger partial charge in [-0.25, -0.2) is 8.78 Å². The Kier molecular flexibility index (Phi) is 2.45. The fourth-order valence-electron chi connectivity index (χ4n) is 0.978. The number of hydrogen-bond acceptors (Lipinski definition) is 2. The van der Waals surface area contributed by atoms with Crippen molar-refractivity contribution in [3.05, 3.63) is 47.3 Å². The lowest BCUT2D eigenvalue weighted by Crippen LogP contribution is -1.86. The van der Waals surface area contributed by atoms with Gasteiger partial charge in [0.15, 0.2) is 16.7 Å². The van der Waals surface area contributed by atoms with Crippen LogP contribution in [0.2, 0.25) is 0 Å². The molecule has 0 N–H and O–H groups in total. The fourth-order valence-corrected chi connectivity index (χ4v) is 1.57. The Morgan fingerprint density at radius 3 is 2.57 bits per heavy atom. The molecule has 0 aliphatic heterocycles. The van der Waals surface area contributed by atoms with Crippen molar-refractivity contribution in [1.29, 1.82) is 0 Å². The van der Waals surface area contributed by atoms with Crippen LogP contribution in [-0.4, -0.2) is 0 Å². The van der Waals surface area contributed by atoms with Crippen LogP contribution in [0.15, 0.2) is 35.7 Å². The van der Waals surface area contributed by atoms with Crippen LogP contribution in [0, 0.1) is 11.6 Å². The lowest BCUT2D eigenvalue weighted by Gasteiger charge is -2.02. The van der Waals surface area contributed by atoms with Crippen molar-refractivity contribution >= 4 is 11.3 Å². The molecular formula is C10H6F2OS. The second-order valence-corrected chi connectivity index (χ2v) is 3.52. The van der Waals surface area contributed by atoms with E-state index in [2.05, 4.69) is 0 Å². The molecule has 1 aromatic heterocycles. The topological polar surface area (TPSA) is 9.23 Å². The smallest absolute Gasteiger partial charge is 0.180 e. The SMILES string of the molecule is Fc1ccc(Oc2cccs2)cc1F. The maximum atomic E-state index is 12.8. The van der Waals surface area contributed by atoms with Gasteiger partial charge >= 0.3 is 0 Å². The minimum absolute atomic E-state index is 0.298. The predicted octanol–water partition coefficient (Wildman–Crippen LogP) is 3.82. The Hall–Kier alpha value is -1.42. The Morgan fingerprint density at radius 2 is 1.93 bits per heavy atom. The van der Waals surface area contributed by atoms with Crippen molar-refractivity contribution in [1.82, 2.24) is 0 Å². The van der Waals surface area contributed by atoms with Crippen molar-refractivity contribution < 1.29 is 13.5 Å². The van der Waals surface area contributed by atoms with E-state index in [4.69, 9.17) is 4.74 Å². The summed E-state index contributed by atoms with van der Waals surface area (Å²) >= 11 is 1.39. The second kappa shape index (κ2) is 3.75. The molecule has 0 saturated heterocycles. The highest BCUT2D eigenvalue weighted by molar-refractivity contribution is 7.11. The molecule has 0 unspecified atom stereocenters. The first kappa shape index (κ1) is 9.15. The summed E-state index contributed by atoms with van der Waals surface area (Å²) < 4.78 is 30.6. The molecule has 2 aromatic rings. The van der Waals surface area contributed by atoms with Crippen molar-refractivity contribution in [2.45, 2.75) is 0 Å². The quantitative estimate of drug-likeness (QED) is 0.735. The summed E-state index contributed by atoms with van der Waals surface area (Å²) in [4.78, 5) is 0. The van der Waals surface area contributed by atoms with Gasteiger partial charge in [-0.15, -0.1) is 11.3 Å². The first-order valence-corrected chi connectivity index (χ1v) is 4.80. The van der Waals surface area contributed by atoms with E-state index in [1.54, 1.807) is 6.07 Å². The van der Waals surface area contributed by atoms with Crippen LogP contribution < -0.4 is 4.74 Å². The average molecular weight is 212 g/mol. The highest BCUT2D eigenvalue weighted by Crippen LogP contribution is 2.26. The van der Waals surface area contributed by atoms with E-state index in [0.717, 1.165) is 12.1 Å². The summed E-state index contributed by atoms with van der Waals surface area (Å²) in [6.07, 6.45) is 0. The third-order valence-corrected chi connectivity index (χ3v) is 2.35. The molecular weight excluding hydrogens is 206 g/mol. The zero-order chi connectivity index (χ0) is 9.97. The van der Waals surface area contributed by atoms with Crippen molar-refractivity contribution in [2.75, 3.05) is 0 Å². The van der Waals surface area contributed by atoms with Gasteiger partial charge in [0, 0.05) is 6.07 Å². The van der Waals surface area contributed by atoms with Crippen molar-refractivity contribution in [2.24, 2.45) is 0 Å². The maximum absolute atomic E-state index is 12.8. The molecule has 0 radical (unpaired) electrons. The predicted molar refractivity (Wildman–Crippen MR) is 50.8 cm³/mol. The van der Waals surface area contributed by atoms with E-state index in [1.165, 1.54) is 17.4 Å². The van der Waals surface area contributed by atoms with Gasteiger partial charge in [-0.05, 0) is 29.6 Å². The molecule has 0 atom stereocenters.